The first-order valence-corrected chi connectivity index (χ1v) is 14.5. The fourth-order valence-corrected chi connectivity index (χ4v) is 5.71. The number of para-hydroxylation sites is 1. The molecule has 0 aromatic heterocycles. The third kappa shape index (κ3) is 8.05. The first-order chi connectivity index (χ1) is 21.3. The average molecular weight is 620 g/mol. The van der Waals surface area contributed by atoms with E-state index in [9.17, 15) is 34.5 Å². The highest BCUT2D eigenvalue weighted by molar-refractivity contribution is 5.94. The van der Waals surface area contributed by atoms with Gasteiger partial charge in [-0.3, -0.25) is 9.59 Å². The van der Waals surface area contributed by atoms with E-state index in [1.807, 2.05) is 72.8 Å². The predicted octanol–water partition coefficient (Wildman–Crippen LogP) is 4.95. The highest BCUT2D eigenvalue weighted by Crippen LogP contribution is 2.41. The molecule has 11 nitrogen and oxygen atoms in total. The van der Waals surface area contributed by atoms with E-state index < -0.39 is 66.2 Å². The molecule has 1 amide bonds. The fraction of sp³-hybridized carbons (Fsp3) is 0.353. The summed E-state index contributed by atoms with van der Waals surface area (Å²) < 4.78 is 16.9. The first kappa shape index (κ1) is 33.2. The average Bonchev–Trinajstić information content (AvgIpc) is 3.29. The molecule has 1 aliphatic heterocycles. The van der Waals surface area contributed by atoms with E-state index in [0.717, 1.165) is 16.0 Å². The molecule has 0 bridgehead atoms. The van der Waals surface area contributed by atoms with Crippen LogP contribution in [0.3, 0.4) is 0 Å². The van der Waals surface area contributed by atoms with Gasteiger partial charge in [0.05, 0.1) is 6.42 Å². The second-order valence-electron chi connectivity index (χ2n) is 11.5. The number of ether oxygens (including phenoxy) is 3. The van der Waals surface area contributed by atoms with Crippen molar-refractivity contribution in [1.82, 2.24) is 4.90 Å². The minimum Gasteiger partial charge on any atom is -0.480 e. The lowest BCUT2D eigenvalue weighted by Crippen LogP contribution is -2.56. The number of hydrogen-bond donors (Lipinski definition) is 3. The van der Waals surface area contributed by atoms with Crippen LogP contribution in [0.25, 0.3) is 0 Å². The second-order valence-corrected chi connectivity index (χ2v) is 11.5. The molecule has 0 unspecified atom stereocenters. The van der Waals surface area contributed by atoms with Gasteiger partial charge in [0.1, 0.15) is 18.0 Å². The van der Waals surface area contributed by atoms with Gasteiger partial charge in [0, 0.05) is 12.0 Å². The number of rotatable bonds is 14. The van der Waals surface area contributed by atoms with Crippen molar-refractivity contribution in [3.8, 4) is 11.5 Å². The van der Waals surface area contributed by atoms with Crippen LogP contribution in [-0.2, 0) is 35.1 Å². The van der Waals surface area contributed by atoms with Gasteiger partial charge < -0.3 is 34.4 Å². The van der Waals surface area contributed by atoms with Gasteiger partial charge >= 0.3 is 17.9 Å². The van der Waals surface area contributed by atoms with E-state index in [1.54, 1.807) is 19.1 Å². The Kier molecular flexibility index (Phi) is 10.3. The van der Waals surface area contributed by atoms with Crippen molar-refractivity contribution in [2.24, 2.45) is 0 Å². The summed E-state index contributed by atoms with van der Waals surface area (Å²) in [5.74, 6) is -6.30. The molecule has 0 radical (unpaired) electrons. The fourth-order valence-electron chi connectivity index (χ4n) is 5.71. The van der Waals surface area contributed by atoms with E-state index in [0.29, 0.717) is 24.3 Å². The monoisotopic (exact) mass is 619 g/mol. The molecule has 1 aliphatic rings. The third-order valence-electron chi connectivity index (χ3n) is 7.83. The van der Waals surface area contributed by atoms with E-state index >= 15 is 0 Å². The number of amides is 1. The quantitative estimate of drug-likeness (QED) is 0.225. The second kappa shape index (κ2) is 13.9. The molecule has 3 aromatic rings. The predicted molar refractivity (Wildman–Crippen MR) is 162 cm³/mol. The molecular weight excluding hydrogens is 582 g/mol. The molecule has 0 spiro atoms. The number of carbonyl (C=O) groups is 4. The summed E-state index contributed by atoms with van der Waals surface area (Å²) >= 11 is 0. The number of aryl methyl sites for hydroxylation is 1. The molecular formula is C34H37NO10. The normalized spacial score (nSPS) is 20.1. The van der Waals surface area contributed by atoms with Gasteiger partial charge in [-0.25, -0.2) is 9.59 Å². The van der Waals surface area contributed by atoms with Crippen LogP contribution in [0.4, 0.5) is 0 Å². The van der Waals surface area contributed by atoms with Crippen LogP contribution in [0.15, 0.2) is 84.9 Å². The number of aliphatic carboxylic acids is 3. The van der Waals surface area contributed by atoms with Crippen LogP contribution < -0.4 is 4.74 Å². The molecule has 238 valence electrons. The van der Waals surface area contributed by atoms with Crippen molar-refractivity contribution < 1.29 is 48.7 Å². The molecule has 0 saturated carbocycles. The molecule has 1 saturated heterocycles. The summed E-state index contributed by atoms with van der Waals surface area (Å²) in [5.41, 5.74) is -0.721. The minimum absolute atomic E-state index is 0.396. The van der Waals surface area contributed by atoms with Crippen molar-refractivity contribution in [2.75, 3.05) is 6.54 Å². The van der Waals surface area contributed by atoms with Gasteiger partial charge in [-0.05, 0) is 69.0 Å². The molecule has 0 aliphatic carbocycles. The third-order valence-corrected chi connectivity index (χ3v) is 7.83. The van der Waals surface area contributed by atoms with Crippen molar-refractivity contribution in [1.29, 1.82) is 0 Å². The van der Waals surface area contributed by atoms with Gasteiger partial charge in [0.25, 0.3) is 0 Å². The summed E-state index contributed by atoms with van der Waals surface area (Å²) in [6.45, 7) is 3.65. The van der Waals surface area contributed by atoms with Gasteiger partial charge in [0.2, 0.25) is 11.5 Å². The Morgan fingerprint density at radius 2 is 1.44 bits per heavy atom. The number of benzene rings is 3. The Morgan fingerprint density at radius 1 is 0.867 bits per heavy atom. The van der Waals surface area contributed by atoms with Gasteiger partial charge in [0.15, 0.2) is 11.9 Å². The minimum atomic E-state index is -2.57. The number of carboxylic acids is 3. The number of carbonyl (C=O) groups excluding carboxylic acids is 1. The van der Waals surface area contributed by atoms with Crippen LogP contribution in [0.2, 0.25) is 0 Å². The summed E-state index contributed by atoms with van der Waals surface area (Å²) in [6, 6.07) is 25.5. The van der Waals surface area contributed by atoms with Crippen molar-refractivity contribution >= 4 is 23.8 Å². The van der Waals surface area contributed by atoms with Crippen LogP contribution in [-0.4, -0.2) is 74.1 Å². The topological polar surface area (TPSA) is 160 Å². The van der Waals surface area contributed by atoms with Crippen LogP contribution in [0, 0.1) is 0 Å². The van der Waals surface area contributed by atoms with Crippen molar-refractivity contribution in [2.45, 2.75) is 69.5 Å². The highest BCUT2D eigenvalue weighted by atomic mass is 16.8. The lowest BCUT2D eigenvalue weighted by Gasteiger charge is -2.36. The zero-order valence-corrected chi connectivity index (χ0v) is 25.3. The van der Waals surface area contributed by atoms with Crippen molar-refractivity contribution in [3.05, 3.63) is 96.1 Å². The maximum Gasteiger partial charge on any atom is 0.340 e. The number of nitrogens with zero attached hydrogens (tertiary/aromatic N) is 1. The van der Waals surface area contributed by atoms with E-state index in [-0.39, 0.29) is 0 Å². The molecule has 1 fully saturated rings. The Balaban J connectivity index is 1.66. The molecule has 4 rings (SSSR count). The summed E-state index contributed by atoms with van der Waals surface area (Å²) in [4.78, 5) is 51.5. The van der Waals surface area contributed by atoms with Crippen LogP contribution in [0.1, 0.15) is 50.7 Å². The standard InChI is InChI=1S/C34H37NO10/c1-22(35(21-29(37)38)28(36)20-34(32(41)42)30(31(39)40)44-33(2,3)45-34)27(19-14-23-10-6-4-7-11-23)24-15-17-26(18-16-24)43-25-12-8-5-9-13-25/h4-13,15-18,22,27,30H,14,19-21H2,1-3H3,(H,37,38)(H,39,40)(H,41,42)/t22-,27+,30+,34-/m1/s1. The molecule has 3 aromatic carbocycles. The molecule has 1 heterocycles. The number of hydrogen-bond acceptors (Lipinski definition) is 7. The smallest absolute Gasteiger partial charge is 0.340 e. The van der Waals surface area contributed by atoms with Gasteiger partial charge in [-0.1, -0.05) is 60.7 Å². The number of carboxylic acid groups (broad SMARTS) is 3. The lowest BCUT2D eigenvalue weighted by atomic mass is 9.85. The Labute approximate surface area is 261 Å². The zero-order valence-electron chi connectivity index (χ0n) is 25.3. The van der Waals surface area contributed by atoms with Crippen molar-refractivity contribution in [3.63, 3.8) is 0 Å². The van der Waals surface area contributed by atoms with E-state index in [1.165, 1.54) is 13.8 Å². The molecule has 11 heteroatoms. The van der Waals surface area contributed by atoms with E-state index in [2.05, 4.69) is 0 Å². The summed E-state index contributed by atoms with van der Waals surface area (Å²) in [6.07, 6.45) is -1.82. The van der Waals surface area contributed by atoms with Gasteiger partial charge in [-0.2, -0.15) is 0 Å². The maximum absolute atomic E-state index is 13.9. The largest absolute Gasteiger partial charge is 0.480 e. The lowest BCUT2D eigenvalue weighted by molar-refractivity contribution is -0.189. The van der Waals surface area contributed by atoms with E-state index in [4.69, 9.17) is 14.2 Å². The van der Waals surface area contributed by atoms with Crippen LogP contribution in [0.5, 0.6) is 11.5 Å². The highest BCUT2D eigenvalue weighted by Gasteiger charge is 2.63. The maximum atomic E-state index is 13.9. The summed E-state index contributed by atoms with van der Waals surface area (Å²) in [5, 5.41) is 29.7. The summed E-state index contributed by atoms with van der Waals surface area (Å²) in [7, 11) is 0. The Bertz CT molecular complexity index is 1490. The van der Waals surface area contributed by atoms with Crippen LogP contribution >= 0.6 is 0 Å². The Hall–Kier alpha value is -4.74. The molecule has 4 atom stereocenters. The van der Waals surface area contributed by atoms with Gasteiger partial charge in [-0.15, -0.1) is 0 Å². The first-order valence-electron chi connectivity index (χ1n) is 14.5. The SMILES string of the molecule is C[C@H]([C@H](CCc1ccccc1)c1ccc(Oc2ccccc2)cc1)N(CC(=O)O)C(=O)C[C@@]1(C(=O)O)OC(C)(C)O[C@H]1C(=O)O. The molecule has 45 heavy (non-hydrogen) atoms. The Morgan fingerprint density at radius 3 is 2.00 bits per heavy atom. The molecule has 3 N–H and O–H groups in total. The zero-order chi connectivity index (χ0) is 32.8.